The van der Waals surface area contributed by atoms with Gasteiger partial charge < -0.3 is 4.74 Å². The zero-order chi connectivity index (χ0) is 16.9. The summed E-state index contributed by atoms with van der Waals surface area (Å²) in [6, 6.07) is 9.10. The van der Waals surface area contributed by atoms with Gasteiger partial charge in [0.1, 0.15) is 5.75 Å². The molecule has 1 nitrogen and oxygen atoms in total. The second kappa shape index (κ2) is 8.25. The molecule has 0 aliphatic heterocycles. The third kappa shape index (κ3) is 4.00. The van der Waals surface area contributed by atoms with Crippen LogP contribution in [0.4, 0.5) is 0 Å². The standard InChI is InChI=1S/C22H33BrO/c1-2-3-18-24-20-8-6-19(7-9-20)22-14-11-21(12-15-22,13-16-22)10-4-5-17-23/h6-9H,2-5,10-18H2,1H3. The molecule has 3 fully saturated rings. The summed E-state index contributed by atoms with van der Waals surface area (Å²) in [4.78, 5) is 0. The van der Waals surface area contributed by atoms with Gasteiger partial charge in [0, 0.05) is 5.33 Å². The molecule has 134 valence electrons. The van der Waals surface area contributed by atoms with Gasteiger partial charge in [0.25, 0.3) is 0 Å². The number of ether oxygens (including phenoxy) is 1. The van der Waals surface area contributed by atoms with Crippen molar-refractivity contribution in [1.82, 2.24) is 0 Å². The molecule has 4 rings (SSSR count). The van der Waals surface area contributed by atoms with Gasteiger partial charge in [0.2, 0.25) is 0 Å². The Morgan fingerprint density at radius 2 is 1.58 bits per heavy atom. The van der Waals surface area contributed by atoms with Crippen molar-refractivity contribution in [2.45, 2.75) is 83.0 Å². The second-order valence-electron chi connectivity index (χ2n) is 8.15. The van der Waals surface area contributed by atoms with E-state index in [9.17, 15) is 0 Å². The van der Waals surface area contributed by atoms with Crippen LogP contribution in [-0.2, 0) is 5.41 Å². The molecule has 0 unspecified atom stereocenters. The van der Waals surface area contributed by atoms with Crippen molar-refractivity contribution in [3.05, 3.63) is 29.8 Å². The van der Waals surface area contributed by atoms with E-state index in [-0.39, 0.29) is 0 Å². The maximum atomic E-state index is 5.83. The summed E-state index contributed by atoms with van der Waals surface area (Å²) in [6.45, 7) is 3.05. The minimum atomic E-state index is 0.471. The van der Waals surface area contributed by atoms with Crippen molar-refractivity contribution in [1.29, 1.82) is 0 Å². The lowest BCUT2D eigenvalue weighted by atomic mass is 9.51. The highest BCUT2D eigenvalue weighted by atomic mass is 79.9. The number of halogens is 1. The van der Waals surface area contributed by atoms with Crippen LogP contribution in [0, 0.1) is 5.41 Å². The first kappa shape index (κ1) is 18.3. The largest absolute Gasteiger partial charge is 0.494 e. The normalized spacial score (nSPS) is 28.9. The van der Waals surface area contributed by atoms with Crippen LogP contribution in [0.5, 0.6) is 5.75 Å². The molecule has 2 heteroatoms. The Balaban J connectivity index is 1.58. The summed E-state index contributed by atoms with van der Waals surface area (Å²) < 4.78 is 5.83. The van der Waals surface area contributed by atoms with Crippen LogP contribution in [0.15, 0.2) is 24.3 Å². The molecule has 0 spiro atoms. The molecule has 1 aromatic carbocycles. The molecule has 3 aliphatic carbocycles. The van der Waals surface area contributed by atoms with Gasteiger partial charge in [-0.15, -0.1) is 0 Å². The smallest absolute Gasteiger partial charge is 0.119 e. The maximum Gasteiger partial charge on any atom is 0.119 e. The zero-order valence-corrected chi connectivity index (χ0v) is 16.9. The number of hydrogen-bond acceptors (Lipinski definition) is 1. The summed E-state index contributed by atoms with van der Waals surface area (Å²) in [5, 5.41) is 1.17. The van der Waals surface area contributed by atoms with E-state index < -0.39 is 0 Å². The topological polar surface area (TPSA) is 9.23 Å². The highest BCUT2D eigenvalue weighted by Crippen LogP contribution is 2.59. The molecule has 0 saturated heterocycles. The van der Waals surface area contributed by atoms with E-state index in [1.54, 1.807) is 5.56 Å². The van der Waals surface area contributed by atoms with Gasteiger partial charge in [-0.3, -0.25) is 0 Å². The molecule has 0 aromatic heterocycles. The molecule has 0 heterocycles. The molecular formula is C22H33BrO. The predicted octanol–water partition coefficient (Wildman–Crippen LogP) is 7.02. The van der Waals surface area contributed by atoms with Crippen LogP contribution < -0.4 is 4.74 Å². The van der Waals surface area contributed by atoms with Crippen molar-refractivity contribution in [2.75, 3.05) is 11.9 Å². The van der Waals surface area contributed by atoms with E-state index in [1.807, 2.05) is 0 Å². The highest BCUT2D eigenvalue weighted by Gasteiger charge is 2.48. The third-order valence-corrected chi connectivity index (χ3v) is 7.29. The van der Waals surface area contributed by atoms with E-state index in [0.29, 0.717) is 10.8 Å². The first-order valence-corrected chi connectivity index (χ1v) is 11.1. The minimum Gasteiger partial charge on any atom is -0.494 e. The van der Waals surface area contributed by atoms with Crippen molar-refractivity contribution in [3.8, 4) is 5.75 Å². The first-order valence-electron chi connectivity index (χ1n) is 10.0. The molecule has 0 amide bonds. The lowest BCUT2D eigenvalue weighted by Crippen LogP contribution is -2.44. The third-order valence-electron chi connectivity index (χ3n) is 6.73. The van der Waals surface area contributed by atoms with Gasteiger partial charge in [-0.05, 0) is 86.3 Å². The number of hydrogen-bond donors (Lipinski definition) is 0. The van der Waals surface area contributed by atoms with Crippen LogP contribution in [0.2, 0.25) is 0 Å². The lowest BCUT2D eigenvalue weighted by molar-refractivity contribution is 0.0309. The fourth-order valence-corrected chi connectivity index (χ4v) is 5.30. The van der Waals surface area contributed by atoms with Gasteiger partial charge in [-0.1, -0.05) is 47.8 Å². The van der Waals surface area contributed by atoms with E-state index in [0.717, 1.165) is 18.8 Å². The van der Waals surface area contributed by atoms with Crippen LogP contribution in [0.25, 0.3) is 0 Å². The van der Waals surface area contributed by atoms with Crippen molar-refractivity contribution in [3.63, 3.8) is 0 Å². The second-order valence-corrected chi connectivity index (χ2v) is 8.95. The Bertz CT molecular complexity index is 483. The quantitative estimate of drug-likeness (QED) is 0.323. The average molecular weight is 393 g/mol. The Hall–Kier alpha value is -0.500. The van der Waals surface area contributed by atoms with Crippen LogP contribution in [0.1, 0.15) is 83.1 Å². The summed E-state index contributed by atoms with van der Waals surface area (Å²) >= 11 is 3.58. The molecule has 1 aromatic rings. The fraction of sp³-hybridized carbons (Fsp3) is 0.727. The van der Waals surface area contributed by atoms with E-state index in [1.165, 1.54) is 69.5 Å². The molecular weight excluding hydrogens is 360 g/mol. The van der Waals surface area contributed by atoms with E-state index >= 15 is 0 Å². The van der Waals surface area contributed by atoms with Crippen molar-refractivity contribution in [2.24, 2.45) is 5.41 Å². The highest BCUT2D eigenvalue weighted by molar-refractivity contribution is 9.09. The Morgan fingerprint density at radius 3 is 2.17 bits per heavy atom. The molecule has 0 atom stereocenters. The number of rotatable bonds is 9. The van der Waals surface area contributed by atoms with Crippen molar-refractivity contribution >= 4 is 15.9 Å². The zero-order valence-electron chi connectivity index (χ0n) is 15.3. The molecule has 2 bridgehead atoms. The lowest BCUT2D eigenvalue weighted by Gasteiger charge is -2.54. The summed E-state index contributed by atoms with van der Waals surface area (Å²) in [7, 11) is 0. The molecule has 0 N–H and O–H groups in total. The summed E-state index contributed by atoms with van der Waals surface area (Å²) in [6.07, 6.45) is 15.1. The van der Waals surface area contributed by atoms with Crippen LogP contribution in [-0.4, -0.2) is 11.9 Å². The van der Waals surface area contributed by atoms with Crippen molar-refractivity contribution < 1.29 is 4.74 Å². The van der Waals surface area contributed by atoms with Gasteiger partial charge in [-0.25, -0.2) is 0 Å². The minimum absolute atomic E-state index is 0.471. The Labute approximate surface area is 156 Å². The van der Waals surface area contributed by atoms with Gasteiger partial charge in [0.05, 0.1) is 6.61 Å². The Kier molecular flexibility index (Phi) is 6.29. The van der Waals surface area contributed by atoms with Gasteiger partial charge in [0.15, 0.2) is 0 Å². The number of alkyl halides is 1. The maximum absolute atomic E-state index is 5.83. The number of benzene rings is 1. The Morgan fingerprint density at radius 1 is 0.917 bits per heavy atom. The molecule has 3 aliphatic rings. The molecule has 3 saturated carbocycles. The van der Waals surface area contributed by atoms with Gasteiger partial charge >= 0.3 is 0 Å². The molecule has 24 heavy (non-hydrogen) atoms. The monoisotopic (exact) mass is 392 g/mol. The average Bonchev–Trinajstić information content (AvgIpc) is 2.64. The van der Waals surface area contributed by atoms with Gasteiger partial charge in [-0.2, -0.15) is 0 Å². The number of unbranched alkanes of at least 4 members (excludes halogenated alkanes) is 2. The fourth-order valence-electron chi connectivity index (χ4n) is 4.90. The van der Waals surface area contributed by atoms with E-state index in [4.69, 9.17) is 4.74 Å². The summed E-state index contributed by atoms with van der Waals surface area (Å²) in [5.74, 6) is 1.04. The summed E-state index contributed by atoms with van der Waals surface area (Å²) in [5.41, 5.74) is 2.73. The van der Waals surface area contributed by atoms with Crippen LogP contribution >= 0.6 is 15.9 Å². The predicted molar refractivity (Wildman–Crippen MR) is 106 cm³/mol. The SMILES string of the molecule is CCCCOc1ccc(C23CCC(CCCCBr)(CC2)CC3)cc1. The number of fused-ring (bicyclic) bond motifs is 3. The first-order chi connectivity index (χ1) is 11.7. The van der Waals surface area contributed by atoms with E-state index in [2.05, 4.69) is 47.1 Å². The van der Waals surface area contributed by atoms with Crippen LogP contribution in [0.3, 0.4) is 0 Å². The molecule has 0 radical (unpaired) electrons.